The van der Waals surface area contributed by atoms with Gasteiger partial charge < -0.3 is 14.5 Å². The number of hydrogen-bond donors (Lipinski definition) is 0. The summed E-state index contributed by atoms with van der Waals surface area (Å²) in [6.07, 6.45) is 16.1. The van der Waals surface area contributed by atoms with Crippen LogP contribution < -0.4 is 0 Å². The molecule has 2 amide bonds. The molecule has 1 heterocycles. The zero-order valence-corrected chi connectivity index (χ0v) is 19.6. The van der Waals surface area contributed by atoms with Gasteiger partial charge in [-0.05, 0) is 27.2 Å². The van der Waals surface area contributed by atoms with E-state index < -0.39 is 5.60 Å². The number of ether oxygens (including phenoxy) is 1. The lowest BCUT2D eigenvalue weighted by Crippen LogP contribution is -2.51. The van der Waals surface area contributed by atoms with Gasteiger partial charge in [-0.25, -0.2) is 4.79 Å². The van der Waals surface area contributed by atoms with E-state index in [0.29, 0.717) is 32.6 Å². The minimum Gasteiger partial charge on any atom is -0.444 e. The van der Waals surface area contributed by atoms with E-state index in [-0.39, 0.29) is 12.0 Å². The van der Waals surface area contributed by atoms with Crippen LogP contribution in [0.3, 0.4) is 0 Å². The standard InChI is InChI=1S/C24H46N2O3/c1-5-6-7-8-9-10-11-12-13-14-15-16-17-22(27)25-18-20-26(21-19-25)23(28)29-24(2,3)4/h5-21H2,1-4H3. The summed E-state index contributed by atoms with van der Waals surface area (Å²) in [4.78, 5) is 28.1. The van der Waals surface area contributed by atoms with Gasteiger partial charge in [-0.1, -0.05) is 77.6 Å². The summed E-state index contributed by atoms with van der Waals surface area (Å²) in [5, 5.41) is 0. The molecule has 5 nitrogen and oxygen atoms in total. The average Bonchev–Trinajstić information content (AvgIpc) is 2.67. The Morgan fingerprint density at radius 1 is 0.690 bits per heavy atom. The number of unbranched alkanes of at least 4 members (excludes halogenated alkanes) is 11. The molecular formula is C24H46N2O3. The van der Waals surface area contributed by atoms with Crippen molar-refractivity contribution in [2.45, 2.75) is 117 Å². The predicted molar refractivity (Wildman–Crippen MR) is 120 cm³/mol. The number of nitrogens with zero attached hydrogens (tertiary/aromatic N) is 2. The first-order chi connectivity index (χ1) is 13.8. The van der Waals surface area contributed by atoms with Crippen LogP contribution in [0.25, 0.3) is 0 Å². The second-order valence-electron chi connectivity index (χ2n) is 9.49. The Morgan fingerprint density at radius 2 is 1.10 bits per heavy atom. The first kappa shape index (κ1) is 25.8. The Morgan fingerprint density at radius 3 is 1.55 bits per heavy atom. The van der Waals surface area contributed by atoms with Crippen molar-refractivity contribution in [1.29, 1.82) is 0 Å². The van der Waals surface area contributed by atoms with Crippen molar-refractivity contribution in [3.8, 4) is 0 Å². The van der Waals surface area contributed by atoms with Crippen LogP contribution in [0.2, 0.25) is 0 Å². The lowest BCUT2D eigenvalue weighted by molar-refractivity contribution is -0.133. The maximum Gasteiger partial charge on any atom is 0.410 e. The molecule has 0 spiro atoms. The number of hydrogen-bond acceptors (Lipinski definition) is 3. The molecule has 1 saturated heterocycles. The van der Waals surface area contributed by atoms with Crippen LogP contribution in [-0.4, -0.2) is 53.6 Å². The summed E-state index contributed by atoms with van der Waals surface area (Å²) >= 11 is 0. The van der Waals surface area contributed by atoms with Crippen LogP contribution in [-0.2, 0) is 9.53 Å². The molecule has 0 aromatic heterocycles. The summed E-state index contributed by atoms with van der Waals surface area (Å²) in [6.45, 7) is 10.3. The number of rotatable bonds is 13. The van der Waals surface area contributed by atoms with Crippen LogP contribution in [0.15, 0.2) is 0 Å². The molecule has 0 radical (unpaired) electrons. The molecule has 0 N–H and O–H groups in total. The molecule has 0 unspecified atom stereocenters. The van der Waals surface area contributed by atoms with E-state index in [4.69, 9.17) is 4.74 Å². The second-order valence-corrected chi connectivity index (χ2v) is 9.49. The first-order valence-electron chi connectivity index (χ1n) is 12.1. The fraction of sp³-hybridized carbons (Fsp3) is 0.917. The topological polar surface area (TPSA) is 49.9 Å². The van der Waals surface area contributed by atoms with Gasteiger partial charge in [0.25, 0.3) is 0 Å². The number of carbonyl (C=O) groups is 2. The molecule has 0 bridgehead atoms. The van der Waals surface area contributed by atoms with Gasteiger partial charge in [-0.15, -0.1) is 0 Å². The number of amides is 2. The third kappa shape index (κ3) is 12.8. The molecule has 0 aromatic carbocycles. The highest BCUT2D eigenvalue weighted by Crippen LogP contribution is 2.15. The van der Waals surface area contributed by atoms with E-state index in [9.17, 15) is 9.59 Å². The van der Waals surface area contributed by atoms with Crippen LogP contribution in [0.4, 0.5) is 4.79 Å². The third-order valence-electron chi connectivity index (χ3n) is 5.53. The number of carbonyl (C=O) groups excluding carboxylic acids is 2. The monoisotopic (exact) mass is 410 g/mol. The molecule has 170 valence electrons. The van der Waals surface area contributed by atoms with Crippen molar-refractivity contribution >= 4 is 12.0 Å². The normalized spacial score (nSPS) is 14.9. The predicted octanol–water partition coefficient (Wildman–Crippen LogP) is 6.16. The van der Waals surface area contributed by atoms with Crippen LogP contribution >= 0.6 is 0 Å². The Labute approximate surface area is 179 Å². The van der Waals surface area contributed by atoms with Crippen molar-refractivity contribution in [2.75, 3.05) is 26.2 Å². The average molecular weight is 411 g/mol. The smallest absolute Gasteiger partial charge is 0.410 e. The van der Waals surface area contributed by atoms with Crippen molar-refractivity contribution in [3.63, 3.8) is 0 Å². The summed E-state index contributed by atoms with van der Waals surface area (Å²) in [7, 11) is 0. The molecule has 0 aromatic rings. The highest BCUT2D eigenvalue weighted by Gasteiger charge is 2.27. The zero-order valence-electron chi connectivity index (χ0n) is 19.6. The molecule has 5 heteroatoms. The largest absolute Gasteiger partial charge is 0.444 e. The maximum atomic E-state index is 12.4. The van der Waals surface area contributed by atoms with Crippen molar-refractivity contribution in [1.82, 2.24) is 9.80 Å². The molecular weight excluding hydrogens is 364 g/mol. The zero-order chi connectivity index (χ0) is 21.5. The van der Waals surface area contributed by atoms with Gasteiger partial charge in [-0.2, -0.15) is 0 Å². The summed E-state index contributed by atoms with van der Waals surface area (Å²) in [5.41, 5.74) is -0.474. The van der Waals surface area contributed by atoms with E-state index in [1.165, 1.54) is 64.2 Å². The van der Waals surface area contributed by atoms with Crippen LogP contribution in [0.1, 0.15) is 111 Å². The van der Waals surface area contributed by atoms with E-state index in [1.807, 2.05) is 25.7 Å². The molecule has 1 aliphatic heterocycles. The fourth-order valence-corrected chi connectivity index (χ4v) is 3.74. The quantitative estimate of drug-likeness (QED) is 0.342. The second kappa shape index (κ2) is 14.7. The summed E-state index contributed by atoms with van der Waals surface area (Å²) in [5.74, 6) is 0.237. The molecule has 0 saturated carbocycles. The Bertz CT molecular complexity index is 452. The van der Waals surface area contributed by atoms with Gasteiger partial charge in [-0.3, -0.25) is 4.79 Å². The Hall–Kier alpha value is -1.26. The van der Waals surface area contributed by atoms with Gasteiger partial charge in [0, 0.05) is 32.6 Å². The molecule has 1 rings (SSSR count). The molecule has 29 heavy (non-hydrogen) atoms. The lowest BCUT2D eigenvalue weighted by atomic mass is 10.0. The van der Waals surface area contributed by atoms with E-state index in [2.05, 4.69) is 6.92 Å². The van der Waals surface area contributed by atoms with Gasteiger partial charge in [0.2, 0.25) is 5.91 Å². The molecule has 0 aliphatic carbocycles. The first-order valence-corrected chi connectivity index (χ1v) is 12.1. The highest BCUT2D eigenvalue weighted by atomic mass is 16.6. The van der Waals surface area contributed by atoms with Crippen molar-refractivity contribution in [2.24, 2.45) is 0 Å². The van der Waals surface area contributed by atoms with Crippen molar-refractivity contribution in [3.05, 3.63) is 0 Å². The molecule has 1 fully saturated rings. The SMILES string of the molecule is CCCCCCCCCCCCCCC(=O)N1CCN(C(=O)OC(C)(C)C)CC1. The van der Waals surface area contributed by atoms with E-state index >= 15 is 0 Å². The summed E-state index contributed by atoms with van der Waals surface area (Å²) in [6, 6.07) is 0. The van der Waals surface area contributed by atoms with Crippen molar-refractivity contribution < 1.29 is 14.3 Å². The van der Waals surface area contributed by atoms with Crippen LogP contribution in [0, 0.1) is 0 Å². The van der Waals surface area contributed by atoms with Gasteiger partial charge in [0.15, 0.2) is 0 Å². The summed E-state index contributed by atoms with van der Waals surface area (Å²) < 4.78 is 5.41. The number of piperazine rings is 1. The Balaban J connectivity index is 1.99. The van der Waals surface area contributed by atoms with Gasteiger partial charge in [0.05, 0.1) is 0 Å². The lowest BCUT2D eigenvalue weighted by Gasteiger charge is -2.35. The van der Waals surface area contributed by atoms with Gasteiger partial charge >= 0.3 is 6.09 Å². The van der Waals surface area contributed by atoms with E-state index in [1.54, 1.807) is 4.90 Å². The van der Waals surface area contributed by atoms with E-state index in [0.717, 1.165) is 12.8 Å². The minimum atomic E-state index is -0.474. The van der Waals surface area contributed by atoms with Crippen LogP contribution in [0.5, 0.6) is 0 Å². The molecule has 1 aliphatic rings. The molecule has 0 atom stereocenters. The highest BCUT2D eigenvalue weighted by molar-refractivity contribution is 5.76. The fourth-order valence-electron chi connectivity index (χ4n) is 3.74. The van der Waals surface area contributed by atoms with Gasteiger partial charge in [0.1, 0.15) is 5.60 Å². The minimum absolute atomic E-state index is 0.237. The maximum absolute atomic E-state index is 12.4. The third-order valence-corrected chi connectivity index (χ3v) is 5.53. The Kier molecular flexibility index (Phi) is 13.0.